The predicted molar refractivity (Wildman–Crippen MR) is 77.9 cm³/mol. The first-order chi connectivity index (χ1) is 9.80. The van der Waals surface area contributed by atoms with Crippen LogP contribution in [-0.2, 0) is 0 Å². The van der Waals surface area contributed by atoms with Crippen LogP contribution < -0.4 is 4.90 Å². The van der Waals surface area contributed by atoms with Crippen molar-refractivity contribution in [2.45, 2.75) is 12.8 Å². The van der Waals surface area contributed by atoms with Crippen LogP contribution in [0.15, 0.2) is 18.2 Å². The number of nitriles is 1. The van der Waals surface area contributed by atoms with Crippen LogP contribution in [0.25, 0.3) is 0 Å². The maximum Gasteiger partial charge on any atom is 0.150 e. The maximum atomic E-state index is 10.8. The van der Waals surface area contributed by atoms with Crippen molar-refractivity contribution < 1.29 is 4.79 Å². The summed E-state index contributed by atoms with van der Waals surface area (Å²) in [6.07, 6.45) is 3.58. The summed E-state index contributed by atoms with van der Waals surface area (Å²) >= 11 is 0. The van der Waals surface area contributed by atoms with E-state index in [0.29, 0.717) is 11.1 Å². The van der Waals surface area contributed by atoms with Gasteiger partial charge in [-0.1, -0.05) is 0 Å². The Balaban J connectivity index is 1.67. The standard InChI is InChI=1S/C16H19N3O/c17-10-15-9-14(12-20)3-4-16(15)19-7-5-18(6-8-19)11-13-1-2-13/h3-4,9,12-13H,1-2,5-8,11H2. The first kappa shape index (κ1) is 13.1. The summed E-state index contributed by atoms with van der Waals surface area (Å²) in [5, 5.41) is 9.25. The summed E-state index contributed by atoms with van der Waals surface area (Å²) in [7, 11) is 0. The average molecular weight is 269 g/mol. The highest BCUT2D eigenvalue weighted by Gasteiger charge is 2.26. The van der Waals surface area contributed by atoms with Crippen LogP contribution in [-0.4, -0.2) is 43.9 Å². The van der Waals surface area contributed by atoms with Crippen LogP contribution in [0.3, 0.4) is 0 Å². The Labute approximate surface area is 119 Å². The minimum atomic E-state index is 0.567. The molecule has 1 aliphatic carbocycles. The quantitative estimate of drug-likeness (QED) is 0.783. The summed E-state index contributed by atoms with van der Waals surface area (Å²) in [5.74, 6) is 0.933. The fraction of sp³-hybridized carbons (Fsp3) is 0.500. The van der Waals surface area contributed by atoms with Crippen molar-refractivity contribution in [2.75, 3.05) is 37.6 Å². The zero-order valence-electron chi connectivity index (χ0n) is 11.6. The van der Waals surface area contributed by atoms with Gasteiger partial charge in [0.15, 0.2) is 0 Å². The molecule has 0 unspecified atom stereocenters. The summed E-state index contributed by atoms with van der Waals surface area (Å²) < 4.78 is 0. The number of rotatable bonds is 4. The van der Waals surface area contributed by atoms with Crippen molar-refractivity contribution >= 4 is 12.0 Å². The second-order valence-corrected chi connectivity index (χ2v) is 5.74. The smallest absolute Gasteiger partial charge is 0.150 e. The Kier molecular flexibility index (Phi) is 3.70. The molecular formula is C16H19N3O. The van der Waals surface area contributed by atoms with E-state index in [1.54, 1.807) is 12.1 Å². The second kappa shape index (κ2) is 5.64. The van der Waals surface area contributed by atoms with Crippen LogP contribution in [0.4, 0.5) is 5.69 Å². The molecule has 0 radical (unpaired) electrons. The highest BCUT2D eigenvalue weighted by atomic mass is 16.1. The zero-order valence-corrected chi connectivity index (χ0v) is 11.6. The lowest BCUT2D eigenvalue weighted by molar-refractivity contribution is 0.112. The van der Waals surface area contributed by atoms with Gasteiger partial charge in [-0.05, 0) is 37.0 Å². The fourth-order valence-corrected chi connectivity index (χ4v) is 2.83. The van der Waals surface area contributed by atoms with Gasteiger partial charge in [0.2, 0.25) is 0 Å². The van der Waals surface area contributed by atoms with Gasteiger partial charge in [0.05, 0.1) is 11.3 Å². The molecule has 104 valence electrons. The highest BCUT2D eigenvalue weighted by Crippen LogP contribution is 2.30. The number of hydrogen-bond acceptors (Lipinski definition) is 4. The second-order valence-electron chi connectivity index (χ2n) is 5.74. The molecule has 1 saturated carbocycles. The normalized spacial score (nSPS) is 19.6. The SMILES string of the molecule is N#Cc1cc(C=O)ccc1N1CCN(CC2CC2)CC1. The van der Waals surface area contributed by atoms with E-state index in [4.69, 9.17) is 0 Å². The number of carbonyl (C=O) groups excluding carboxylic acids is 1. The summed E-state index contributed by atoms with van der Waals surface area (Å²) in [6, 6.07) is 7.58. The lowest BCUT2D eigenvalue weighted by atomic mass is 10.1. The van der Waals surface area contributed by atoms with Gasteiger partial charge in [0.1, 0.15) is 12.4 Å². The summed E-state index contributed by atoms with van der Waals surface area (Å²) in [6.45, 7) is 5.29. The van der Waals surface area contributed by atoms with E-state index in [9.17, 15) is 10.1 Å². The van der Waals surface area contributed by atoms with E-state index in [1.165, 1.54) is 19.4 Å². The largest absolute Gasteiger partial charge is 0.368 e. The van der Waals surface area contributed by atoms with Crippen molar-refractivity contribution in [2.24, 2.45) is 5.92 Å². The molecule has 20 heavy (non-hydrogen) atoms. The Hall–Kier alpha value is -1.86. The van der Waals surface area contributed by atoms with Crippen LogP contribution in [0.2, 0.25) is 0 Å². The van der Waals surface area contributed by atoms with Gasteiger partial charge in [-0.2, -0.15) is 5.26 Å². The van der Waals surface area contributed by atoms with E-state index in [0.717, 1.165) is 44.1 Å². The van der Waals surface area contributed by atoms with Crippen molar-refractivity contribution in [1.82, 2.24) is 4.90 Å². The lowest BCUT2D eigenvalue weighted by Crippen LogP contribution is -2.47. The molecule has 0 aromatic heterocycles. The number of piperazine rings is 1. The van der Waals surface area contributed by atoms with Crippen LogP contribution >= 0.6 is 0 Å². The van der Waals surface area contributed by atoms with Gasteiger partial charge in [-0.25, -0.2) is 0 Å². The first-order valence-electron chi connectivity index (χ1n) is 7.27. The van der Waals surface area contributed by atoms with E-state index >= 15 is 0 Å². The molecule has 1 aromatic rings. The maximum absolute atomic E-state index is 10.8. The van der Waals surface area contributed by atoms with E-state index in [-0.39, 0.29) is 0 Å². The molecule has 0 atom stereocenters. The number of aldehydes is 1. The van der Waals surface area contributed by atoms with E-state index in [1.807, 2.05) is 6.07 Å². The van der Waals surface area contributed by atoms with Gasteiger partial charge in [0.25, 0.3) is 0 Å². The molecule has 0 amide bonds. The van der Waals surface area contributed by atoms with E-state index in [2.05, 4.69) is 15.9 Å². The molecule has 2 fully saturated rings. The molecule has 4 heteroatoms. The van der Waals surface area contributed by atoms with Crippen molar-refractivity contribution in [3.63, 3.8) is 0 Å². The summed E-state index contributed by atoms with van der Waals surface area (Å²) in [5.41, 5.74) is 2.13. The molecule has 2 aliphatic rings. The molecular weight excluding hydrogens is 250 g/mol. The number of benzene rings is 1. The van der Waals surface area contributed by atoms with Gasteiger partial charge in [-0.15, -0.1) is 0 Å². The molecule has 1 aromatic carbocycles. The molecule has 3 rings (SSSR count). The Morgan fingerprint density at radius 2 is 2.00 bits per heavy atom. The van der Waals surface area contributed by atoms with Crippen molar-refractivity contribution in [1.29, 1.82) is 5.26 Å². The molecule has 4 nitrogen and oxygen atoms in total. The molecule has 1 saturated heterocycles. The summed E-state index contributed by atoms with van der Waals surface area (Å²) in [4.78, 5) is 15.6. The topological polar surface area (TPSA) is 47.3 Å². The first-order valence-corrected chi connectivity index (χ1v) is 7.27. The Morgan fingerprint density at radius 3 is 2.60 bits per heavy atom. The third kappa shape index (κ3) is 2.83. The minimum absolute atomic E-state index is 0.567. The average Bonchev–Trinajstić information content (AvgIpc) is 3.31. The molecule has 0 spiro atoms. The Morgan fingerprint density at radius 1 is 1.25 bits per heavy atom. The minimum Gasteiger partial charge on any atom is -0.368 e. The monoisotopic (exact) mass is 269 g/mol. The van der Waals surface area contributed by atoms with Crippen LogP contribution in [0.5, 0.6) is 0 Å². The highest BCUT2D eigenvalue weighted by molar-refractivity contribution is 5.78. The van der Waals surface area contributed by atoms with Gasteiger partial charge in [-0.3, -0.25) is 9.69 Å². The van der Waals surface area contributed by atoms with Crippen LogP contribution in [0.1, 0.15) is 28.8 Å². The number of nitrogens with zero attached hydrogens (tertiary/aromatic N) is 3. The van der Waals surface area contributed by atoms with Crippen LogP contribution in [0, 0.1) is 17.2 Å². The van der Waals surface area contributed by atoms with Gasteiger partial charge in [0, 0.05) is 38.3 Å². The third-order valence-corrected chi connectivity index (χ3v) is 4.20. The number of hydrogen-bond donors (Lipinski definition) is 0. The molecule has 0 bridgehead atoms. The molecule has 1 heterocycles. The lowest BCUT2D eigenvalue weighted by Gasteiger charge is -2.36. The molecule has 1 aliphatic heterocycles. The molecule has 0 N–H and O–H groups in total. The third-order valence-electron chi connectivity index (χ3n) is 4.20. The number of anilines is 1. The zero-order chi connectivity index (χ0) is 13.9. The van der Waals surface area contributed by atoms with E-state index < -0.39 is 0 Å². The van der Waals surface area contributed by atoms with Gasteiger partial charge >= 0.3 is 0 Å². The van der Waals surface area contributed by atoms with Crippen molar-refractivity contribution in [3.8, 4) is 6.07 Å². The number of carbonyl (C=O) groups is 1. The van der Waals surface area contributed by atoms with Gasteiger partial charge < -0.3 is 4.90 Å². The fourth-order valence-electron chi connectivity index (χ4n) is 2.83. The van der Waals surface area contributed by atoms with Crippen molar-refractivity contribution in [3.05, 3.63) is 29.3 Å². The Bertz CT molecular complexity index is 537. The predicted octanol–water partition coefficient (Wildman–Crippen LogP) is 1.90.